The molecule has 0 aliphatic carbocycles. The molecule has 3 aromatic carbocycles. The van der Waals surface area contributed by atoms with E-state index in [1.54, 1.807) is 60.7 Å². The first kappa shape index (κ1) is 32.5. The van der Waals surface area contributed by atoms with Crippen molar-refractivity contribution in [2.45, 2.75) is 23.6 Å². The van der Waals surface area contributed by atoms with Gasteiger partial charge in [0, 0.05) is 9.81 Å². The lowest BCUT2D eigenvalue weighted by atomic mass is 9.99. The molecule has 0 N–H and O–H groups in total. The second kappa shape index (κ2) is 13.6. The monoisotopic (exact) mass is 686 g/mol. The minimum atomic E-state index is -4.12. The number of thioether (sulfide) groups is 2. The lowest BCUT2D eigenvalue weighted by Crippen LogP contribution is -2.03. The summed E-state index contributed by atoms with van der Waals surface area (Å²) in [7, 11) is -8.24. The number of hydrogen-bond donors (Lipinski definition) is 0. The third-order valence-corrected chi connectivity index (χ3v) is 10.6. The fourth-order valence-corrected chi connectivity index (χ4v) is 7.28. The van der Waals surface area contributed by atoms with Gasteiger partial charge >= 0.3 is 20.2 Å². The molecular formula is C32H22N4O6S4. The molecule has 46 heavy (non-hydrogen) atoms. The zero-order valence-corrected chi connectivity index (χ0v) is 27.4. The van der Waals surface area contributed by atoms with Crippen LogP contribution >= 0.6 is 23.5 Å². The Labute approximate surface area is 275 Å². The normalized spacial score (nSPS) is 18.3. The van der Waals surface area contributed by atoms with Crippen LogP contribution in [0, 0.1) is 36.5 Å². The summed E-state index contributed by atoms with van der Waals surface area (Å²) in [5.74, 6) is 0. The molecule has 2 aliphatic heterocycles. The summed E-state index contributed by atoms with van der Waals surface area (Å²) in [6.45, 7) is 3.67. The predicted octanol–water partition coefficient (Wildman–Crippen LogP) is 6.82. The van der Waals surface area contributed by atoms with E-state index >= 15 is 0 Å². The Hall–Kier alpha value is -4.86. The number of aryl methyl sites for hydroxylation is 2. The number of oxime groups is 2. The minimum absolute atomic E-state index is 0.0318. The molecule has 0 fully saturated rings. The van der Waals surface area contributed by atoms with Crippen LogP contribution in [0.1, 0.15) is 22.3 Å². The molecule has 0 bridgehead atoms. The van der Waals surface area contributed by atoms with Crippen LogP contribution in [-0.4, -0.2) is 26.9 Å². The fourth-order valence-electron chi connectivity index (χ4n) is 4.04. The SMILES string of the molecule is Cc1ccc(S(=O)(=O)O/N=C2C=C/C(=C(/C#N)c3cccc(/C(C#N)=C4C=C/C(=N/OS(=O)(=O)c5ccc(C)cc5)S\4)c3)S/2)cc1. The van der Waals surface area contributed by atoms with Crippen molar-refractivity contribution in [3.8, 4) is 12.1 Å². The maximum absolute atomic E-state index is 12.5. The standard InChI is InChI=1S/C32H22N4O6S4/c1-21-6-10-25(11-7-21)45(37,38)41-35-31-16-14-29(43-31)27(19-33)23-4-3-5-24(18-23)28(20-34)30-15-17-32(44-30)36-42-46(39,40)26-12-8-22(2)9-13-26/h3-18H,1-2H3/b29-27+,30-28+,35-31-,36-32-. The first-order chi connectivity index (χ1) is 22.0. The third kappa shape index (κ3) is 7.50. The van der Waals surface area contributed by atoms with Gasteiger partial charge in [0.1, 0.15) is 32.0 Å². The summed E-state index contributed by atoms with van der Waals surface area (Å²) in [5, 5.41) is 28.0. The number of rotatable bonds is 8. The van der Waals surface area contributed by atoms with Gasteiger partial charge < -0.3 is 0 Å². The fraction of sp³-hybridized carbons (Fsp3) is 0.0625. The van der Waals surface area contributed by atoms with Crippen LogP contribution in [-0.2, 0) is 28.8 Å². The number of hydrogen-bond acceptors (Lipinski definition) is 12. The van der Waals surface area contributed by atoms with E-state index < -0.39 is 20.2 Å². The highest BCUT2D eigenvalue weighted by Gasteiger charge is 2.22. The van der Waals surface area contributed by atoms with Crippen LogP contribution in [0.4, 0.5) is 0 Å². The van der Waals surface area contributed by atoms with E-state index in [-0.39, 0.29) is 31.0 Å². The van der Waals surface area contributed by atoms with Crippen molar-refractivity contribution in [3.05, 3.63) is 129 Å². The first-order valence-electron chi connectivity index (χ1n) is 13.3. The molecule has 0 amide bonds. The summed E-state index contributed by atoms with van der Waals surface area (Å²) in [4.78, 5) is 0.959. The highest BCUT2D eigenvalue weighted by molar-refractivity contribution is 8.18. The molecule has 0 saturated heterocycles. The van der Waals surface area contributed by atoms with Crippen LogP contribution in [0.5, 0.6) is 0 Å². The average Bonchev–Trinajstić information content (AvgIpc) is 3.71. The highest BCUT2D eigenvalue weighted by Crippen LogP contribution is 2.37. The number of benzene rings is 3. The van der Waals surface area contributed by atoms with E-state index in [2.05, 4.69) is 22.4 Å². The molecular weight excluding hydrogens is 665 g/mol. The average molecular weight is 687 g/mol. The first-order valence-corrected chi connectivity index (χ1v) is 17.7. The molecule has 0 aromatic heterocycles. The van der Waals surface area contributed by atoms with Crippen LogP contribution in [0.2, 0.25) is 0 Å². The molecule has 2 heterocycles. The van der Waals surface area contributed by atoms with Crippen LogP contribution in [0.15, 0.2) is 127 Å². The van der Waals surface area contributed by atoms with Gasteiger partial charge in [0.15, 0.2) is 0 Å². The molecule has 0 spiro atoms. The van der Waals surface area contributed by atoms with Crippen molar-refractivity contribution in [2.24, 2.45) is 10.3 Å². The number of nitrogens with zero attached hydrogens (tertiary/aromatic N) is 4. The Morgan fingerprint density at radius 1 is 0.630 bits per heavy atom. The summed E-state index contributed by atoms with van der Waals surface area (Å²) in [5.41, 5.74) is 3.39. The number of allylic oxidation sites excluding steroid dienone is 4. The van der Waals surface area contributed by atoms with E-state index in [0.29, 0.717) is 20.9 Å². The van der Waals surface area contributed by atoms with Crippen molar-refractivity contribution in [1.82, 2.24) is 0 Å². The van der Waals surface area contributed by atoms with Gasteiger partial charge in [-0.15, -0.1) is 0 Å². The lowest BCUT2D eigenvalue weighted by Gasteiger charge is -2.07. The van der Waals surface area contributed by atoms with E-state index in [4.69, 9.17) is 8.57 Å². The Morgan fingerprint density at radius 3 is 1.39 bits per heavy atom. The minimum Gasteiger partial charge on any atom is -0.264 e. The van der Waals surface area contributed by atoms with E-state index in [1.165, 1.54) is 36.4 Å². The smallest absolute Gasteiger partial charge is 0.264 e. The molecule has 5 rings (SSSR count). The van der Waals surface area contributed by atoms with Gasteiger partial charge in [0.2, 0.25) is 0 Å². The second-order valence-electron chi connectivity index (χ2n) is 9.70. The van der Waals surface area contributed by atoms with Crippen LogP contribution < -0.4 is 0 Å². The largest absolute Gasteiger partial charge is 0.358 e. The van der Waals surface area contributed by atoms with Gasteiger partial charge in [0.25, 0.3) is 0 Å². The zero-order valence-electron chi connectivity index (χ0n) is 24.1. The third-order valence-electron chi connectivity index (χ3n) is 6.41. The Kier molecular flexibility index (Phi) is 9.65. The van der Waals surface area contributed by atoms with Gasteiger partial charge in [-0.05, 0) is 79.6 Å². The molecule has 10 nitrogen and oxygen atoms in total. The summed E-state index contributed by atoms with van der Waals surface area (Å²) < 4.78 is 59.7. The molecule has 2 aliphatic rings. The van der Waals surface area contributed by atoms with Crippen molar-refractivity contribution < 1.29 is 25.4 Å². The predicted molar refractivity (Wildman–Crippen MR) is 179 cm³/mol. The van der Waals surface area contributed by atoms with Crippen LogP contribution in [0.3, 0.4) is 0 Å². The highest BCUT2D eigenvalue weighted by atomic mass is 32.2. The topological polar surface area (TPSA) is 159 Å². The van der Waals surface area contributed by atoms with Crippen molar-refractivity contribution in [1.29, 1.82) is 10.5 Å². The van der Waals surface area contributed by atoms with E-state index in [1.807, 2.05) is 13.8 Å². The lowest BCUT2D eigenvalue weighted by molar-refractivity contribution is 0.340. The van der Waals surface area contributed by atoms with Gasteiger partial charge in [0.05, 0.1) is 11.1 Å². The summed E-state index contributed by atoms with van der Waals surface area (Å²) in [6, 6.07) is 23.5. The molecule has 0 saturated carbocycles. The quantitative estimate of drug-likeness (QED) is 0.182. The van der Waals surface area contributed by atoms with Gasteiger partial charge in [-0.1, -0.05) is 87.4 Å². The van der Waals surface area contributed by atoms with Crippen molar-refractivity contribution >= 4 is 65.0 Å². The van der Waals surface area contributed by atoms with E-state index in [9.17, 15) is 27.4 Å². The van der Waals surface area contributed by atoms with Gasteiger partial charge in [-0.2, -0.15) is 27.4 Å². The summed E-state index contributed by atoms with van der Waals surface area (Å²) >= 11 is 2.13. The molecule has 0 radical (unpaired) electrons. The van der Waals surface area contributed by atoms with E-state index in [0.717, 1.165) is 34.7 Å². The maximum atomic E-state index is 12.5. The molecule has 0 unspecified atom stereocenters. The van der Waals surface area contributed by atoms with Crippen molar-refractivity contribution in [3.63, 3.8) is 0 Å². The van der Waals surface area contributed by atoms with Crippen LogP contribution in [0.25, 0.3) is 11.1 Å². The van der Waals surface area contributed by atoms with Gasteiger partial charge in [-0.25, -0.2) is 0 Å². The van der Waals surface area contributed by atoms with Crippen molar-refractivity contribution in [2.75, 3.05) is 0 Å². The van der Waals surface area contributed by atoms with Gasteiger partial charge in [-0.3, -0.25) is 8.57 Å². The molecule has 14 heteroatoms. The maximum Gasteiger partial charge on any atom is 0.358 e. The zero-order chi connectivity index (χ0) is 32.9. The molecule has 0 atom stereocenters. The molecule has 230 valence electrons. The molecule has 3 aromatic rings. The Morgan fingerprint density at radius 2 is 1.02 bits per heavy atom. The Bertz CT molecular complexity index is 2050. The second-order valence-corrected chi connectivity index (χ2v) is 14.9. The number of nitriles is 2. The Balaban J connectivity index is 1.33. The summed E-state index contributed by atoms with van der Waals surface area (Å²) in [6.07, 6.45) is 6.33.